The van der Waals surface area contributed by atoms with Crippen molar-refractivity contribution < 1.29 is 29.0 Å². The van der Waals surface area contributed by atoms with Gasteiger partial charge < -0.3 is 29.3 Å². The van der Waals surface area contributed by atoms with Gasteiger partial charge in [0.2, 0.25) is 11.8 Å². The molecule has 58 heavy (non-hydrogen) atoms. The third-order valence-electron chi connectivity index (χ3n) is 13.4. The van der Waals surface area contributed by atoms with Crippen molar-refractivity contribution in [1.82, 2.24) is 4.90 Å². The Kier molecular flexibility index (Phi) is 11.3. The normalized spacial score (nSPS) is 24.8. The highest BCUT2D eigenvalue weighted by molar-refractivity contribution is 6.91. The Balaban J connectivity index is 1.17. The van der Waals surface area contributed by atoms with E-state index in [9.17, 15) is 14.7 Å². The number of benzene rings is 4. The Labute approximate surface area is 347 Å². The summed E-state index contributed by atoms with van der Waals surface area (Å²) < 4.78 is 12.8. The highest BCUT2D eigenvalue weighted by Crippen LogP contribution is 2.60. The largest absolute Gasteiger partial charge is 0.497 e. The number of halogens is 1. The van der Waals surface area contributed by atoms with Crippen LogP contribution in [0.3, 0.4) is 0 Å². The molecule has 2 fully saturated rings. The molecule has 0 aliphatic carbocycles. The molecule has 4 aliphatic heterocycles. The average Bonchev–Trinajstić information content (AvgIpc) is 3.64. The molecule has 0 bridgehead atoms. The van der Waals surface area contributed by atoms with Crippen LogP contribution in [0, 0.1) is 5.92 Å². The van der Waals surface area contributed by atoms with Gasteiger partial charge in [0.25, 0.3) is 5.91 Å². The van der Waals surface area contributed by atoms with Gasteiger partial charge in [-0.2, -0.15) is 0 Å². The zero-order valence-electron chi connectivity index (χ0n) is 34.0. The maximum absolute atomic E-state index is 15.5. The molecular formula is C47H54ClN3O6Si. The number of hydrogen-bond acceptors (Lipinski definition) is 6. The summed E-state index contributed by atoms with van der Waals surface area (Å²) in [6, 6.07) is 29.5. The fourth-order valence-corrected chi connectivity index (χ4v) is 14.6. The number of ether oxygens (including phenoxy) is 2. The number of hydrogen-bond donors (Lipinski definition) is 1. The van der Waals surface area contributed by atoms with Gasteiger partial charge in [0.1, 0.15) is 5.75 Å². The van der Waals surface area contributed by atoms with Gasteiger partial charge in [0, 0.05) is 41.7 Å². The maximum atomic E-state index is 15.5. The number of aliphatic hydroxyl groups excluding tert-OH is 1. The predicted molar refractivity (Wildman–Crippen MR) is 230 cm³/mol. The van der Waals surface area contributed by atoms with Gasteiger partial charge in [0.15, 0.2) is 5.60 Å². The van der Waals surface area contributed by atoms with E-state index in [2.05, 4.69) is 38.2 Å². The van der Waals surface area contributed by atoms with E-state index in [0.29, 0.717) is 36.5 Å². The summed E-state index contributed by atoms with van der Waals surface area (Å²) in [5.41, 5.74) is 3.86. The third kappa shape index (κ3) is 7.16. The van der Waals surface area contributed by atoms with Gasteiger partial charge >= 0.3 is 0 Å². The van der Waals surface area contributed by atoms with Crippen LogP contribution in [-0.4, -0.2) is 68.2 Å². The topological polar surface area (TPSA) is 99.6 Å². The first-order valence-corrected chi connectivity index (χ1v) is 24.2. The predicted octanol–water partition coefficient (Wildman–Crippen LogP) is 7.74. The lowest BCUT2D eigenvalue weighted by molar-refractivity contribution is -0.151. The van der Waals surface area contributed by atoms with E-state index in [-0.39, 0.29) is 54.8 Å². The van der Waals surface area contributed by atoms with E-state index in [0.717, 1.165) is 59.5 Å². The monoisotopic (exact) mass is 819 g/mol. The Bertz CT molecular complexity index is 2200. The first kappa shape index (κ1) is 40.3. The van der Waals surface area contributed by atoms with Crippen molar-refractivity contribution in [1.29, 1.82) is 0 Å². The van der Waals surface area contributed by atoms with Crippen molar-refractivity contribution >= 4 is 54.0 Å². The minimum atomic E-state index is -2.54. The number of rotatable bonds is 9. The summed E-state index contributed by atoms with van der Waals surface area (Å²) in [7, 11) is -0.891. The lowest BCUT2D eigenvalue weighted by Gasteiger charge is -2.39. The van der Waals surface area contributed by atoms with Crippen LogP contribution in [0.4, 0.5) is 11.4 Å². The summed E-state index contributed by atoms with van der Waals surface area (Å²) in [6.07, 6.45) is 4.62. The third-order valence-corrected chi connectivity index (χ3v) is 18.0. The highest BCUT2D eigenvalue weighted by Gasteiger charge is 2.66. The Morgan fingerprint density at radius 2 is 1.71 bits per heavy atom. The van der Waals surface area contributed by atoms with Crippen LogP contribution in [0.2, 0.25) is 23.7 Å². The zero-order valence-corrected chi connectivity index (χ0v) is 35.7. The molecule has 1 spiro atoms. The van der Waals surface area contributed by atoms with Crippen LogP contribution < -0.4 is 19.7 Å². The first-order valence-electron chi connectivity index (χ1n) is 20.8. The number of methoxy groups -OCH3 is 1. The Hall–Kier alpha value is -4.48. The van der Waals surface area contributed by atoms with Crippen LogP contribution in [-0.2, 0) is 44.2 Å². The summed E-state index contributed by atoms with van der Waals surface area (Å²) >= 11 is 6.77. The molecule has 5 atom stereocenters. The van der Waals surface area contributed by atoms with E-state index >= 15 is 4.79 Å². The number of amides is 3. The molecule has 304 valence electrons. The molecule has 1 N–H and O–H groups in total. The molecule has 0 radical (unpaired) electrons. The van der Waals surface area contributed by atoms with E-state index in [1.165, 1.54) is 5.19 Å². The highest BCUT2D eigenvalue weighted by atomic mass is 35.5. The molecular weight excluding hydrogens is 766 g/mol. The van der Waals surface area contributed by atoms with Crippen molar-refractivity contribution in [2.24, 2.45) is 5.92 Å². The summed E-state index contributed by atoms with van der Waals surface area (Å²) in [4.78, 5) is 48.8. The number of fused-ring (bicyclic) bond motifs is 3. The molecule has 2 saturated heterocycles. The van der Waals surface area contributed by atoms with Gasteiger partial charge in [0.05, 0.1) is 52.6 Å². The van der Waals surface area contributed by atoms with Crippen LogP contribution in [0.1, 0.15) is 67.7 Å². The van der Waals surface area contributed by atoms with E-state index in [1.807, 2.05) is 82.6 Å². The van der Waals surface area contributed by atoms with Gasteiger partial charge in [-0.3, -0.25) is 14.4 Å². The SMILES string of the molecule is COc1ccc([Si](C)(C)[C@@H]2[C@@H](CC(=O)N3Cc4ccccc4C[C@H]3CO)O[C@]3(C(=O)N(Cc4cccc(N5CCCCCCC5=O)c4)c4ccc(Cl)cc43)[C@H]2C)cc1. The number of anilines is 2. The summed E-state index contributed by atoms with van der Waals surface area (Å²) in [6.45, 7) is 7.94. The molecule has 9 nitrogen and oxygen atoms in total. The van der Waals surface area contributed by atoms with Gasteiger partial charge in [-0.15, -0.1) is 0 Å². The molecule has 0 saturated carbocycles. The average molecular weight is 821 g/mol. The minimum Gasteiger partial charge on any atom is -0.497 e. The van der Waals surface area contributed by atoms with Crippen molar-refractivity contribution in [2.45, 2.75) is 101 Å². The smallest absolute Gasteiger partial charge is 0.264 e. The van der Waals surface area contributed by atoms with Gasteiger partial charge in [-0.25, -0.2) is 0 Å². The number of aliphatic hydroxyl groups is 1. The van der Waals surface area contributed by atoms with Crippen LogP contribution in [0.25, 0.3) is 0 Å². The van der Waals surface area contributed by atoms with E-state index in [1.54, 1.807) is 12.0 Å². The quantitative estimate of drug-likeness (QED) is 0.174. The number of carbonyl (C=O) groups is 3. The van der Waals surface area contributed by atoms with Crippen molar-refractivity contribution in [2.75, 3.05) is 30.1 Å². The van der Waals surface area contributed by atoms with Gasteiger partial charge in [-0.05, 0) is 84.0 Å². The van der Waals surface area contributed by atoms with Crippen LogP contribution in [0.15, 0.2) is 91.0 Å². The van der Waals surface area contributed by atoms with Crippen LogP contribution in [0.5, 0.6) is 5.75 Å². The minimum absolute atomic E-state index is 0.0666. The molecule has 4 heterocycles. The Morgan fingerprint density at radius 3 is 2.47 bits per heavy atom. The fourth-order valence-electron chi connectivity index (χ4n) is 10.4. The molecule has 4 aromatic carbocycles. The molecule has 8 rings (SSSR count). The molecule has 11 heteroatoms. The lowest BCUT2D eigenvalue weighted by atomic mass is 9.82. The number of carbonyl (C=O) groups excluding carboxylic acids is 3. The second-order valence-corrected chi connectivity index (χ2v) is 22.2. The Morgan fingerprint density at radius 1 is 0.948 bits per heavy atom. The molecule has 4 aliphatic rings. The van der Waals surface area contributed by atoms with Crippen molar-refractivity contribution in [3.05, 3.63) is 118 Å². The maximum Gasteiger partial charge on any atom is 0.264 e. The second kappa shape index (κ2) is 16.3. The summed E-state index contributed by atoms with van der Waals surface area (Å²) in [5.74, 6) is 0.291. The van der Waals surface area contributed by atoms with Gasteiger partial charge in [-0.1, -0.05) is 98.2 Å². The molecule has 0 aromatic heterocycles. The van der Waals surface area contributed by atoms with Crippen molar-refractivity contribution in [3.8, 4) is 5.75 Å². The van der Waals surface area contributed by atoms with E-state index in [4.69, 9.17) is 21.1 Å². The van der Waals surface area contributed by atoms with Crippen molar-refractivity contribution in [3.63, 3.8) is 0 Å². The second-order valence-electron chi connectivity index (χ2n) is 17.1. The van der Waals surface area contributed by atoms with E-state index < -0.39 is 19.8 Å². The first-order chi connectivity index (χ1) is 28.0. The standard InChI is InChI=1S/C47H54ClN3O6Si/c1-31-45(58(3,4)39-20-18-38(56-2)19-21-39)42(27-44(54)50-29-34-14-9-8-13-33(34)25-37(50)30-52)57-47(31)40-26-35(48)17-22-41(40)51(46(47)55)28-32-12-11-15-36(24-32)49-23-10-6-5-7-16-43(49)53/h8-9,11-15,17-22,24,26,31,37,42,45,52H,5-7,10,16,23,25,27-30H2,1-4H3/t31-,37-,42+,45-,47+/m0/s1. The fraction of sp³-hybridized carbons (Fsp3) is 0.426. The number of nitrogens with zero attached hydrogens (tertiary/aromatic N) is 3. The molecule has 3 amide bonds. The molecule has 4 aromatic rings. The summed E-state index contributed by atoms with van der Waals surface area (Å²) in [5, 5.41) is 12.2. The molecule has 0 unspecified atom stereocenters. The lowest BCUT2D eigenvalue weighted by Crippen LogP contribution is -2.52. The van der Waals surface area contributed by atoms with Crippen LogP contribution >= 0.6 is 11.6 Å². The zero-order chi connectivity index (χ0) is 40.8.